The molecule has 0 heterocycles. The van der Waals surface area contributed by atoms with E-state index in [1.54, 1.807) is 7.05 Å². The minimum Gasteiger partial charge on any atom is -0.396 e. The van der Waals surface area contributed by atoms with Crippen LogP contribution in [-0.4, -0.2) is 56.5 Å². The molecule has 1 N–H and O–H groups in total. The van der Waals surface area contributed by atoms with Crippen LogP contribution in [-0.2, 0) is 14.8 Å². The van der Waals surface area contributed by atoms with Crippen molar-refractivity contribution < 1.29 is 18.3 Å². The zero-order valence-electron chi connectivity index (χ0n) is 11.1. The number of aliphatic hydroxyl groups is 1. The summed E-state index contributed by atoms with van der Waals surface area (Å²) in [5.41, 5.74) is 0. The second-order valence-corrected chi connectivity index (χ2v) is 6.54. The maximum absolute atomic E-state index is 11.8. The molecule has 5 nitrogen and oxygen atoms in total. The van der Waals surface area contributed by atoms with Crippen LogP contribution in [0.2, 0.25) is 0 Å². The summed E-state index contributed by atoms with van der Waals surface area (Å²) in [6.45, 7) is 4.67. The minimum atomic E-state index is -3.20. The van der Waals surface area contributed by atoms with Crippen molar-refractivity contribution in [1.29, 1.82) is 0 Å². The van der Waals surface area contributed by atoms with Gasteiger partial charge in [0.1, 0.15) is 0 Å². The summed E-state index contributed by atoms with van der Waals surface area (Å²) >= 11 is 0. The number of ether oxygens (including phenoxy) is 1. The van der Waals surface area contributed by atoms with Crippen LogP contribution in [0.25, 0.3) is 0 Å². The third-order valence-corrected chi connectivity index (χ3v) is 4.21. The fraction of sp³-hybridized carbons (Fsp3) is 1.00. The summed E-state index contributed by atoms with van der Waals surface area (Å²) in [4.78, 5) is 0. The van der Waals surface area contributed by atoms with Crippen LogP contribution in [0.5, 0.6) is 0 Å². The van der Waals surface area contributed by atoms with Crippen molar-refractivity contribution in [2.45, 2.75) is 39.2 Å². The smallest absolute Gasteiger partial charge is 0.216 e. The first-order valence-corrected chi connectivity index (χ1v) is 7.67. The summed E-state index contributed by atoms with van der Waals surface area (Å²) in [6, 6.07) is 0. The molecule has 0 aliphatic rings. The maximum Gasteiger partial charge on any atom is 0.216 e. The molecule has 0 radical (unpaired) electrons. The molecule has 0 rings (SSSR count). The van der Waals surface area contributed by atoms with E-state index in [4.69, 9.17) is 9.84 Å². The zero-order valence-corrected chi connectivity index (χ0v) is 11.9. The van der Waals surface area contributed by atoms with Crippen molar-refractivity contribution in [2.24, 2.45) is 0 Å². The van der Waals surface area contributed by atoms with E-state index in [0.29, 0.717) is 6.54 Å². The second kappa shape index (κ2) is 8.85. The molecule has 104 valence electrons. The van der Waals surface area contributed by atoms with Crippen molar-refractivity contribution in [3.63, 3.8) is 0 Å². The van der Waals surface area contributed by atoms with Crippen LogP contribution in [0, 0.1) is 0 Å². The van der Waals surface area contributed by atoms with Gasteiger partial charge in [-0.25, -0.2) is 12.7 Å². The van der Waals surface area contributed by atoms with E-state index >= 15 is 0 Å². The van der Waals surface area contributed by atoms with Crippen molar-refractivity contribution in [3.05, 3.63) is 0 Å². The van der Waals surface area contributed by atoms with Crippen molar-refractivity contribution in [2.75, 3.05) is 32.6 Å². The number of aliphatic hydroxyl groups excluding tert-OH is 1. The van der Waals surface area contributed by atoms with Gasteiger partial charge in [-0.2, -0.15) is 0 Å². The normalized spacial score (nSPS) is 12.6. The standard InChI is InChI=1S/C11H25NO4S/c1-11(2)16-9-10-17(14,15)12(3)7-5-4-6-8-13/h11,13H,4-10H2,1-3H3. The van der Waals surface area contributed by atoms with Crippen LogP contribution < -0.4 is 0 Å². The Morgan fingerprint density at radius 2 is 1.88 bits per heavy atom. The molecule has 0 aromatic carbocycles. The molecule has 0 aromatic rings. The molecule has 0 unspecified atom stereocenters. The molecule has 0 saturated heterocycles. The van der Waals surface area contributed by atoms with E-state index in [1.807, 2.05) is 13.8 Å². The lowest BCUT2D eigenvalue weighted by Gasteiger charge is -2.17. The van der Waals surface area contributed by atoms with Crippen LogP contribution in [0.3, 0.4) is 0 Å². The molecule has 17 heavy (non-hydrogen) atoms. The molecule has 0 saturated carbocycles. The lowest BCUT2D eigenvalue weighted by Crippen LogP contribution is -2.32. The Labute approximate surface area is 105 Å². The quantitative estimate of drug-likeness (QED) is 0.596. The average molecular weight is 267 g/mol. The molecular formula is C11H25NO4S. The first-order valence-electron chi connectivity index (χ1n) is 6.06. The number of hydrogen-bond donors (Lipinski definition) is 1. The largest absolute Gasteiger partial charge is 0.396 e. The molecule has 0 amide bonds. The third kappa shape index (κ3) is 8.54. The molecule has 0 spiro atoms. The second-order valence-electron chi connectivity index (χ2n) is 4.34. The van der Waals surface area contributed by atoms with Crippen LogP contribution in [0.4, 0.5) is 0 Å². The maximum atomic E-state index is 11.8. The monoisotopic (exact) mass is 267 g/mol. The Hall–Kier alpha value is -0.170. The molecule has 0 aliphatic heterocycles. The lowest BCUT2D eigenvalue weighted by atomic mass is 10.2. The zero-order chi connectivity index (χ0) is 13.3. The van der Waals surface area contributed by atoms with E-state index in [0.717, 1.165) is 19.3 Å². The van der Waals surface area contributed by atoms with Gasteiger partial charge in [-0.1, -0.05) is 0 Å². The van der Waals surface area contributed by atoms with Crippen LogP contribution in [0.15, 0.2) is 0 Å². The van der Waals surface area contributed by atoms with E-state index in [9.17, 15) is 8.42 Å². The van der Waals surface area contributed by atoms with Crippen molar-refractivity contribution in [1.82, 2.24) is 4.31 Å². The summed E-state index contributed by atoms with van der Waals surface area (Å²) in [6.07, 6.45) is 2.41. The molecule has 6 heteroatoms. The number of rotatable bonds is 10. The van der Waals surface area contributed by atoms with Gasteiger partial charge in [0.15, 0.2) is 0 Å². The summed E-state index contributed by atoms with van der Waals surface area (Å²) in [5.74, 6) is 0.0294. The number of sulfonamides is 1. The highest BCUT2D eigenvalue weighted by Crippen LogP contribution is 2.03. The SMILES string of the molecule is CC(C)OCCS(=O)(=O)N(C)CCCCCO. The van der Waals surface area contributed by atoms with E-state index < -0.39 is 10.0 Å². The first-order chi connectivity index (χ1) is 7.90. The minimum absolute atomic E-state index is 0.0294. The highest BCUT2D eigenvalue weighted by atomic mass is 32.2. The summed E-state index contributed by atoms with van der Waals surface area (Å²) in [7, 11) is -1.61. The van der Waals surface area contributed by atoms with Gasteiger partial charge < -0.3 is 9.84 Å². The van der Waals surface area contributed by atoms with E-state index in [2.05, 4.69) is 0 Å². The van der Waals surface area contributed by atoms with E-state index in [-0.39, 0.29) is 25.1 Å². The Bertz CT molecular complexity index is 277. The average Bonchev–Trinajstić information content (AvgIpc) is 2.23. The molecule has 0 aliphatic carbocycles. The number of hydrogen-bond acceptors (Lipinski definition) is 4. The Morgan fingerprint density at radius 1 is 1.24 bits per heavy atom. The lowest BCUT2D eigenvalue weighted by molar-refractivity contribution is 0.0907. The predicted octanol–water partition coefficient (Wildman–Crippen LogP) is 0.836. The molecule has 0 aromatic heterocycles. The van der Waals surface area contributed by atoms with Crippen LogP contribution >= 0.6 is 0 Å². The number of nitrogens with zero attached hydrogens (tertiary/aromatic N) is 1. The Balaban J connectivity index is 3.86. The molecular weight excluding hydrogens is 242 g/mol. The fourth-order valence-electron chi connectivity index (χ4n) is 1.31. The summed E-state index contributed by atoms with van der Waals surface area (Å²) < 4.78 is 30.1. The van der Waals surface area contributed by atoms with Gasteiger partial charge in [0.2, 0.25) is 10.0 Å². The van der Waals surface area contributed by atoms with Gasteiger partial charge in [-0.05, 0) is 33.1 Å². The van der Waals surface area contributed by atoms with Gasteiger partial charge in [-0.15, -0.1) is 0 Å². The van der Waals surface area contributed by atoms with Gasteiger partial charge in [0.25, 0.3) is 0 Å². The molecule has 0 bridgehead atoms. The van der Waals surface area contributed by atoms with Gasteiger partial charge in [0.05, 0.1) is 18.5 Å². The first kappa shape index (κ1) is 16.8. The highest BCUT2D eigenvalue weighted by Gasteiger charge is 2.17. The fourth-order valence-corrected chi connectivity index (χ4v) is 2.33. The Morgan fingerprint density at radius 3 is 2.41 bits per heavy atom. The van der Waals surface area contributed by atoms with Crippen molar-refractivity contribution in [3.8, 4) is 0 Å². The number of unbranched alkanes of at least 4 members (excludes halogenated alkanes) is 2. The molecule has 0 atom stereocenters. The van der Waals surface area contributed by atoms with Crippen LogP contribution in [0.1, 0.15) is 33.1 Å². The third-order valence-electron chi connectivity index (χ3n) is 2.40. The highest BCUT2D eigenvalue weighted by molar-refractivity contribution is 7.89. The van der Waals surface area contributed by atoms with Gasteiger partial charge >= 0.3 is 0 Å². The van der Waals surface area contributed by atoms with Gasteiger partial charge in [0, 0.05) is 20.2 Å². The topological polar surface area (TPSA) is 66.8 Å². The van der Waals surface area contributed by atoms with Crippen molar-refractivity contribution >= 4 is 10.0 Å². The van der Waals surface area contributed by atoms with Gasteiger partial charge in [-0.3, -0.25) is 0 Å². The predicted molar refractivity (Wildman–Crippen MR) is 68.4 cm³/mol. The summed E-state index contributed by atoms with van der Waals surface area (Å²) in [5, 5.41) is 8.61. The Kier molecular flexibility index (Phi) is 8.77. The van der Waals surface area contributed by atoms with E-state index in [1.165, 1.54) is 4.31 Å². The molecule has 0 fully saturated rings.